The molecule has 0 unspecified atom stereocenters. The van der Waals surface area contributed by atoms with E-state index in [0.717, 1.165) is 12.8 Å². The Bertz CT molecular complexity index is 247. The van der Waals surface area contributed by atoms with Gasteiger partial charge < -0.3 is 24.8 Å². The zero-order chi connectivity index (χ0) is 8.97. The van der Waals surface area contributed by atoms with E-state index in [-0.39, 0.29) is 24.8 Å². The normalized spacial score (nSPS) is 14.0. The summed E-state index contributed by atoms with van der Waals surface area (Å²) in [7, 11) is 0. The van der Waals surface area contributed by atoms with Crippen molar-refractivity contribution in [2.75, 3.05) is 0 Å². The van der Waals surface area contributed by atoms with Gasteiger partial charge in [0, 0.05) is 0 Å². The summed E-state index contributed by atoms with van der Waals surface area (Å²) in [5.41, 5.74) is 2.69. The number of hydrogen-bond donors (Lipinski definition) is 0. The number of unbranched alkanes of at least 4 members (excludes halogenated alkanes) is 1. The van der Waals surface area contributed by atoms with Crippen molar-refractivity contribution in [3.8, 4) is 0 Å². The van der Waals surface area contributed by atoms with Crippen LogP contribution in [0, 0.1) is 0 Å². The molecule has 0 aromatic heterocycles. The molecule has 0 bridgehead atoms. The molecule has 4 heteroatoms. The summed E-state index contributed by atoms with van der Waals surface area (Å²) >= 11 is -0.799. The molecule has 0 aliphatic heterocycles. The molecular formula is C10H15Cl2OV. The van der Waals surface area contributed by atoms with Crippen molar-refractivity contribution in [2.45, 2.75) is 39.5 Å². The van der Waals surface area contributed by atoms with Crippen LogP contribution in [0.1, 0.15) is 39.5 Å². The Morgan fingerprint density at radius 2 is 2.07 bits per heavy atom. The van der Waals surface area contributed by atoms with Crippen molar-refractivity contribution < 1.29 is 44.7 Å². The van der Waals surface area contributed by atoms with Crippen LogP contribution in [-0.4, -0.2) is 0 Å². The van der Waals surface area contributed by atoms with Gasteiger partial charge in [-0.05, 0) is 0 Å². The Hall–Kier alpha value is 0.444. The molecule has 0 N–H and O–H groups in total. The average molecular weight is 273 g/mol. The number of allylic oxidation sites excluding steroid dienone is 4. The van der Waals surface area contributed by atoms with Crippen LogP contribution >= 0.6 is 0 Å². The van der Waals surface area contributed by atoms with Crippen LogP contribution < -0.4 is 24.8 Å². The molecule has 80 valence electrons. The van der Waals surface area contributed by atoms with E-state index in [1.165, 1.54) is 28.3 Å². The van der Waals surface area contributed by atoms with Crippen molar-refractivity contribution in [2.24, 2.45) is 0 Å². The zero-order valence-electron chi connectivity index (χ0n) is 8.52. The van der Waals surface area contributed by atoms with Crippen LogP contribution in [-0.2, 0) is 19.9 Å². The van der Waals surface area contributed by atoms with Gasteiger partial charge in [-0.3, -0.25) is 0 Å². The molecule has 0 atom stereocenters. The summed E-state index contributed by atoms with van der Waals surface area (Å²) in [6.07, 6.45) is 6.87. The predicted octanol–water partition coefficient (Wildman–Crippen LogP) is -2.78. The SMILES string of the molecule is CCCCC1=[C]([V+2]=[O])C(C)=CC1.[Cl-].[Cl-]. The molecule has 0 saturated carbocycles. The second-order valence-corrected chi connectivity index (χ2v) is 4.22. The molecule has 1 nitrogen and oxygen atoms in total. The monoisotopic (exact) mass is 272 g/mol. The molecule has 0 aromatic rings. The van der Waals surface area contributed by atoms with Gasteiger partial charge in [0.25, 0.3) is 0 Å². The van der Waals surface area contributed by atoms with E-state index < -0.39 is 16.2 Å². The third-order valence-electron chi connectivity index (χ3n) is 2.29. The minimum atomic E-state index is -0.799. The molecule has 1 rings (SSSR count). The molecule has 0 fully saturated rings. The molecule has 1 aliphatic carbocycles. The third kappa shape index (κ3) is 4.31. The number of hydrogen-bond acceptors (Lipinski definition) is 1. The quantitative estimate of drug-likeness (QED) is 0.541. The molecule has 0 aromatic carbocycles. The fourth-order valence-electron chi connectivity index (χ4n) is 1.50. The van der Waals surface area contributed by atoms with Crippen LogP contribution in [0.5, 0.6) is 0 Å². The summed E-state index contributed by atoms with van der Waals surface area (Å²) in [5, 5.41) is 0. The fourth-order valence-corrected chi connectivity index (χ4v) is 2.38. The first-order valence-corrected chi connectivity index (χ1v) is 5.79. The Balaban J connectivity index is 0. The molecule has 0 heterocycles. The van der Waals surface area contributed by atoms with Gasteiger partial charge in [-0.25, -0.2) is 0 Å². The van der Waals surface area contributed by atoms with Crippen LogP contribution in [0.3, 0.4) is 0 Å². The number of halogens is 2. The van der Waals surface area contributed by atoms with Gasteiger partial charge in [0.15, 0.2) is 0 Å². The standard InChI is InChI=1S/C10H15.2ClH.O.V/c1-3-4-5-10-7-6-9(2)8-10;;;;/h6H,3-5,7H2,1-2H3;2*1H;;/q;;;;+2/p-2. The van der Waals surface area contributed by atoms with Crippen molar-refractivity contribution in [3.63, 3.8) is 0 Å². The topological polar surface area (TPSA) is 17.1 Å². The summed E-state index contributed by atoms with van der Waals surface area (Å²) in [6, 6.07) is 0. The summed E-state index contributed by atoms with van der Waals surface area (Å²) < 4.78 is 12.1. The summed E-state index contributed by atoms with van der Waals surface area (Å²) in [6.45, 7) is 4.27. The fraction of sp³-hybridized carbons (Fsp3) is 0.600. The average Bonchev–Trinajstić information content (AvgIpc) is 2.43. The first kappa shape index (κ1) is 16.9. The van der Waals surface area contributed by atoms with Gasteiger partial charge in [0.05, 0.1) is 0 Å². The van der Waals surface area contributed by atoms with Crippen LogP contribution in [0.2, 0.25) is 0 Å². The molecule has 0 spiro atoms. The van der Waals surface area contributed by atoms with Gasteiger partial charge in [0.2, 0.25) is 0 Å². The largest absolute Gasteiger partial charge is 1.00 e. The maximum Gasteiger partial charge on any atom is -1.00 e. The number of rotatable bonds is 4. The van der Waals surface area contributed by atoms with Gasteiger partial charge in [-0.15, -0.1) is 0 Å². The molecule has 0 amide bonds. The zero-order valence-corrected chi connectivity index (χ0v) is 11.4. The Morgan fingerprint density at radius 3 is 2.57 bits per heavy atom. The van der Waals surface area contributed by atoms with E-state index in [1.54, 1.807) is 0 Å². The van der Waals surface area contributed by atoms with E-state index >= 15 is 0 Å². The Labute approximate surface area is 106 Å². The van der Waals surface area contributed by atoms with Crippen molar-refractivity contribution >= 4 is 0 Å². The van der Waals surface area contributed by atoms with Crippen molar-refractivity contribution in [1.29, 1.82) is 0 Å². The maximum atomic E-state index is 10.9. The van der Waals surface area contributed by atoms with E-state index in [0.29, 0.717) is 0 Å². The second kappa shape index (κ2) is 8.73. The Kier molecular flexibility index (Phi) is 10.5. The van der Waals surface area contributed by atoms with Crippen molar-refractivity contribution in [3.05, 3.63) is 21.5 Å². The van der Waals surface area contributed by atoms with Crippen LogP contribution in [0.15, 0.2) is 21.5 Å². The molecular weight excluding hydrogens is 258 g/mol. The Morgan fingerprint density at radius 1 is 1.43 bits per heavy atom. The predicted molar refractivity (Wildman–Crippen MR) is 45.6 cm³/mol. The maximum absolute atomic E-state index is 10.9. The van der Waals surface area contributed by atoms with E-state index in [4.69, 9.17) is 0 Å². The van der Waals surface area contributed by atoms with Gasteiger partial charge >= 0.3 is 81.0 Å². The van der Waals surface area contributed by atoms with Crippen LogP contribution in [0.25, 0.3) is 0 Å². The third-order valence-corrected chi connectivity index (χ3v) is 3.62. The van der Waals surface area contributed by atoms with Crippen LogP contribution in [0.4, 0.5) is 0 Å². The van der Waals surface area contributed by atoms with E-state index in [1.807, 2.05) is 0 Å². The van der Waals surface area contributed by atoms with E-state index in [2.05, 4.69) is 19.9 Å². The first-order valence-electron chi connectivity index (χ1n) is 4.52. The van der Waals surface area contributed by atoms with Gasteiger partial charge in [-0.2, -0.15) is 0 Å². The van der Waals surface area contributed by atoms with Crippen molar-refractivity contribution in [1.82, 2.24) is 0 Å². The summed E-state index contributed by atoms with van der Waals surface area (Å²) in [4.78, 5) is 0. The molecule has 1 aliphatic rings. The minimum absolute atomic E-state index is 0. The van der Waals surface area contributed by atoms with E-state index in [9.17, 15) is 3.67 Å². The van der Waals surface area contributed by atoms with Gasteiger partial charge in [0.1, 0.15) is 0 Å². The summed E-state index contributed by atoms with van der Waals surface area (Å²) in [5.74, 6) is 0. The molecule has 0 radical (unpaired) electrons. The first-order chi connectivity index (χ1) is 5.79. The van der Waals surface area contributed by atoms with Gasteiger partial charge in [-0.1, -0.05) is 0 Å². The molecule has 14 heavy (non-hydrogen) atoms. The second-order valence-electron chi connectivity index (χ2n) is 3.24. The smallest absolute Gasteiger partial charge is 1.00 e. The molecule has 0 saturated heterocycles. The minimum Gasteiger partial charge on any atom is -1.00 e.